The van der Waals surface area contributed by atoms with Gasteiger partial charge in [-0.15, -0.1) is 0 Å². The van der Waals surface area contributed by atoms with Crippen LogP contribution in [0.2, 0.25) is 0 Å². The summed E-state index contributed by atoms with van der Waals surface area (Å²) in [5, 5.41) is 3.28. The van der Waals surface area contributed by atoms with Crippen molar-refractivity contribution in [2.24, 2.45) is 23.7 Å². The van der Waals surface area contributed by atoms with E-state index in [1.54, 1.807) is 0 Å². The average molecular weight is 296 g/mol. The Kier molecular flexibility index (Phi) is 3.09. The zero-order valence-corrected chi connectivity index (χ0v) is 12.9. The highest BCUT2D eigenvalue weighted by Crippen LogP contribution is 2.65. The molecule has 0 aromatic heterocycles. The third kappa shape index (κ3) is 2.00. The second-order valence-electron chi connectivity index (χ2n) is 7.15. The van der Waals surface area contributed by atoms with Gasteiger partial charge in [0, 0.05) is 41.4 Å². The van der Waals surface area contributed by atoms with Gasteiger partial charge in [0.1, 0.15) is 0 Å². The highest BCUT2D eigenvalue weighted by Gasteiger charge is 2.65. The summed E-state index contributed by atoms with van der Waals surface area (Å²) in [6, 6.07) is 0.846. The molecule has 4 fully saturated rings. The van der Waals surface area contributed by atoms with Crippen molar-refractivity contribution < 1.29 is 9.00 Å². The number of rotatable bonds is 2. The van der Waals surface area contributed by atoms with E-state index in [2.05, 4.69) is 5.32 Å². The summed E-state index contributed by atoms with van der Waals surface area (Å²) >= 11 is 0. The second kappa shape index (κ2) is 4.72. The molecule has 3 saturated carbocycles. The van der Waals surface area contributed by atoms with Crippen molar-refractivity contribution in [2.75, 3.05) is 18.6 Å². The summed E-state index contributed by atoms with van der Waals surface area (Å²) in [6.45, 7) is 0. The quantitative estimate of drug-likeness (QED) is 0.841. The molecule has 0 radical (unpaired) electrons. The summed E-state index contributed by atoms with van der Waals surface area (Å²) in [4.78, 5) is 14.2. The van der Waals surface area contributed by atoms with E-state index in [0.717, 1.165) is 48.0 Å². The number of carbonyl (C=O) groups is 1. The number of hydrogen-bond acceptors (Lipinski definition) is 2. The Balaban J connectivity index is 1.31. The predicted molar refractivity (Wildman–Crippen MR) is 78.8 cm³/mol. The van der Waals surface area contributed by atoms with Crippen molar-refractivity contribution >= 4 is 16.8 Å². The lowest BCUT2D eigenvalue weighted by Gasteiger charge is -2.31. The lowest BCUT2D eigenvalue weighted by molar-refractivity contribution is 0.183. The van der Waals surface area contributed by atoms with Crippen LogP contribution in [-0.4, -0.2) is 45.8 Å². The summed E-state index contributed by atoms with van der Waals surface area (Å²) in [5.74, 6) is 4.90. The van der Waals surface area contributed by atoms with Crippen LogP contribution in [0.5, 0.6) is 0 Å². The molecule has 5 heteroatoms. The van der Waals surface area contributed by atoms with Gasteiger partial charge in [-0.05, 0) is 55.8 Å². The van der Waals surface area contributed by atoms with Gasteiger partial charge in [-0.25, -0.2) is 4.79 Å². The highest BCUT2D eigenvalue weighted by molar-refractivity contribution is 7.85. The van der Waals surface area contributed by atoms with Gasteiger partial charge < -0.3 is 10.2 Å². The minimum atomic E-state index is -0.652. The molecular weight excluding hydrogens is 272 g/mol. The third-order valence-corrected chi connectivity index (χ3v) is 7.63. The molecule has 0 aromatic rings. The number of hydrogen-bond donors (Lipinski definition) is 1. The summed E-state index contributed by atoms with van der Waals surface area (Å²) < 4.78 is 11.4. The smallest absolute Gasteiger partial charge is 0.317 e. The first-order valence-electron chi connectivity index (χ1n) is 8.03. The first-order valence-corrected chi connectivity index (χ1v) is 9.52. The van der Waals surface area contributed by atoms with Crippen LogP contribution in [0.25, 0.3) is 0 Å². The topological polar surface area (TPSA) is 49.4 Å². The molecule has 112 valence electrons. The van der Waals surface area contributed by atoms with Gasteiger partial charge in [0.25, 0.3) is 0 Å². The molecule has 4 atom stereocenters. The minimum Gasteiger partial charge on any atom is -0.335 e. The number of carbonyl (C=O) groups excluding carboxylic acids is 1. The van der Waals surface area contributed by atoms with Crippen LogP contribution < -0.4 is 5.32 Å². The second-order valence-corrected chi connectivity index (χ2v) is 8.85. The minimum absolute atomic E-state index is 0.0986. The van der Waals surface area contributed by atoms with Crippen LogP contribution in [0.3, 0.4) is 0 Å². The van der Waals surface area contributed by atoms with Crippen LogP contribution in [0, 0.1) is 23.7 Å². The van der Waals surface area contributed by atoms with E-state index in [9.17, 15) is 9.00 Å². The van der Waals surface area contributed by atoms with Crippen LogP contribution >= 0.6 is 0 Å². The highest BCUT2D eigenvalue weighted by atomic mass is 32.2. The fraction of sp³-hybridized carbons (Fsp3) is 0.933. The molecule has 0 unspecified atom stereocenters. The molecule has 0 spiro atoms. The van der Waals surface area contributed by atoms with Crippen molar-refractivity contribution in [1.29, 1.82) is 0 Å². The largest absolute Gasteiger partial charge is 0.335 e. The first-order chi connectivity index (χ1) is 9.65. The number of nitrogens with one attached hydrogen (secondary N) is 1. The number of urea groups is 1. The van der Waals surface area contributed by atoms with Gasteiger partial charge in [-0.3, -0.25) is 4.21 Å². The Bertz CT molecular complexity index is 429. The Morgan fingerprint density at radius 1 is 1.10 bits per heavy atom. The summed E-state index contributed by atoms with van der Waals surface area (Å²) in [5.41, 5.74) is 0. The van der Waals surface area contributed by atoms with Gasteiger partial charge >= 0.3 is 6.03 Å². The zero-order chi connectivity index (χ0) is 13.9. The van der Waals surface area contributed by atoms with Gasteiger partial charge in [-0.2, -0.15) is 0 Å². The van der Waals surface area contributed by atoms with E-state index in [1.807, 2.05) is 11.9 Å². The predicted octanol–water partition coefficient (Wildman–Crippen LogP) is 1.58. The van der Waals surface area contributed by atoms with Crippen LogP contribution in [-0.2, 0) is 10.8 Å². The molecule has 1 saturated heterocycles. The van der Waals surface area contributed by atoms with E-state index < -0.39 is 10.8 Å². The number of amides is 2. The van der Waals surface area contributed by atoms with E-state index in [0.29, 0.717) is 6.04 Å². The normalized spacial score (nSPS) is 48.8. The summed E-state index contributed by atoms with van der Waals surface area (Å²) in [6.07, 6.45) is 5.98. The molecule has 1 heterocycles. The van der Waals surface area contributed by atoms with Crippen LogP contribution in [0.4, 0.5) is 4.79 Å². The maximum Gasteiger partial charge on any atom is 0.317 e. The number of fused-ring (bicyclic) bond motifs is 5. The maximum atomic E-state index is 12.4. The lowest BCUT2D eigenvalue weighted by Crippen LogP contribution is -2.47. The van der Waals surface area contributed by atoms with Crippen molar-refractivity contribution in [3.63, 3.8) is 0 Å². The molecular formula is C15H24N2O2S. The molecule has 1 aliphatic heterocycles. The Morgan fingerprint density at radius 3 is 2.30 bits per heavy atom. The molecule has 20 heavy (non-hydrogen) atoms. The Morgan fingerprint density at radius 2 is 1.70 bits per heavy atom. The van der Waals surface area contributed by atoms with Crippen LogP contribution in [0.15, 0.2) is 0 Å². The Labute approximate surface area is 123 Å². The van der Waals surface area contributed by atoms with Gasteiger partial charge in [0.2, 0.25) is 0 Å². The van der Waals surface area contributed by atoms with E-state index in [4.69, 9.17) is 0 Å². The molecule has 4 rings (SSSR count). The SMILES string of the molecule is CN(C(=O)NC1[C@H]2[C@H]3CC[C@@H](C3)[C@H]12)C1CCS(=O)CC1. The Hall–Kier alpha value is -0.580. The van der Waals surface area contributed by atoms with Crippen LogP contribution in [0.1, 0.15) is 32.1 Å². The van der Waals surface area contributed by atoms with Gasteiger partial charge in [-0.1, -0.05) is 0 Å². The zero-order valence-electron chi connectivity index (χ0n) is 12.1. The maximum absolute atomic E-state index is 12.4. The molecule has 2 amide bonds. The van der Waals surface area contributed by atoms with E-state index >= 15 is 0 Å². The molecule has 3 aliphatic carbocycles. The number of nitrogens with zero attached hydrogens (tertiary/aromatic N) is 1. The third-order valence-electron chi connectivity index (χ3n) is 6.25. The summed E-state index contributed by atoms with van der Waals surface area (Å²) in [7, 11) is 1.25. The van der Waals surface area contributed by atoms with Gasteiger partial charge in [0.15, 0.2) is 0 Å². The van der Waals surface area contributed by atoms with Gasteiger partial charge in [0.05, 0.1) is 0 Å². The molecule has 2 bridgehead atoms. The van der Waals surface area contributed by atoms with Crippen molar-refractivity contribution in [3.05, 3.63) is 0 Å². The first kappa shape index (κ1) is 13.1. The average Bonchev–Trinajstić information content (AvgIpc) is 2.84. The molecule has 4 aliphatic rings. The van der Waals surface area contributed by atoms with E-state index in [1.165, 1.54) is 19.3 Å². The fourth-order valence-electron chi connectivity index (χ4n) is 5.10. The lowest BCUT2D eigenvalue weighted by atomic mass is 10.0. The van der Waals surface area contributed by atoms with Crippen molar-refractivity contribution in [2.45, 2.75) is 44.2 Å². The standard InChI is InChI=1S/C15H24N2O2S/c1-17(11-4-6-20(19)7-5-11)15(18)16-14-12-9-2-3-10(8-9)13(12)14/h9-14H,2-8H2,1H3,(H,16,18)/t9-,10-,11?,12-,13-,20?/m0/s1. The monoisotopic (exact) mass is 296 g/mol. The van der Waals surface area contributed by atoms with Crippen molar-refractivity contribution in [3.8, 4) is 0 Å². The molecule has 1 N–H and O–H groups in total. The van der Waals surface area contributed by atoms with Crippen molar-refractivity contribution in [1.82, 2.24) is 10.2 Å². The fourth-order valence-corrected chi connectivity index (χ4v) is 6.37. The van der Waals surface area contributed by atoms with E-state index in [-0.39, 0.29) is 12.1 Å². The molecule has 0 aromatic carbocycles. The molecule has 4 nitrogen and oxygen atoms in total.